The molecule has 1 aliphatic heterocycles. The number of fused-ring (bicyclic) bond motifs is 2. The highest BCUT2D eigenvalue weighted by Gasteiger charge is 2.25. The molecule has 140 valence electrons. The maximum atomic E-state index is 12.6. The first-order chi connectivity index (χ1) is 13.6. The second kappa shape index (κ2) is 8.09. The van der Waals surface area contributed by atoms with Crippen molar-refractivity contribution < 1.29 is 4.79 Å². The molecule has 0 saturated carbocycles. The molecule has 1 aliphatic rings. The van der Waals surface area contributed by atoms with E-state index in [0.717, 1.165) is 32.3 Å². The summed E-state index contributed by atoms with van der Waals surface area (Å²) in [6.07, 6.45) is 1.66. The summed E-state index contributed by atoms with van der Waals surface area (Å²) in [5.74, 6) is -0.197. The summed E-state index contributed by atoms with van der Waals surface area (Å²) in [6.45, 7) is 2.15. The first kappa shape index (κ1) is 18.6. The molecule has 0 atom stereocenters. The highest BCUT2D eigenvalue weighted by molar-refractivity contribution is 7.99. The predicted molar refractivity (Wildman–Crippen MR) is 116 cm³/mol. The van der Waals surface area contributed by atoms with Gasteiger partial charge in [-0.05, 0) is 48.4 Å². The minimum Gasteiger partial charge on any atom is -0.330 e. The minimum atomic E-state index is -0.197. The Hall–Kier alpha value is -2.76. The van der Waals surface area contributed by atoms with Crippen molar-refractivity contribution in [1.82, 2.24) is 5.43 Å². The number of hydrazone groups is 1. The fourth-order valence-corrected chi connectivity index (χ4v) is 4.30. The van der Waals surface area contributed by atoms with Crippen LogP contribution in [-0.2, 0) is 4.79 Å². The van der Waals surface area contributed by atoms with Crippen LogP contribution in [0.2, 0.25) is 5.02 Å². The number of carbonyl (C=O) groups is 1. The number of rotatable bonds is 4. The lowest BCUT2D eigenvalue weighted by atomic mass is 10.1. The molecule has 1 heterocycles. The molecule has 3 aromatic rings. The van der Waals surface area contributed by atoms with Crippen molar-refractivity contribution in [2.75, 3.05) is 11.4 Å². The molecular weight excluding hydrogens is 390 g/mol. The van der Waals surface area contributed by atoms with E-state index in [4.69, 9.17) is 11.6 Å². The number of anilines is 2. The number of nitrogens with zero attached hydrogens (tertiary/aromatic N) is 2. The highest BCUT2D eigenvalue weighted by Crippen LogP contribution is 2.48. The number of benzene rings is 3. The third-order valence-electron chi connectivity index (χ3n) is 4.47. The first-order valence-corrected chi connectivity index (χ1v) is 10.0. The lowest BCUT2D eigenvalue weighted by molar-refractivity contribution is -0.119. The maximum absolute atomic E-state index is 12.6. The summed E-state index contributed by atoms with van der Waals surface area (Å²) in [4.78, 5) is 16.7. The Morgan fingerprint density at radius 3 is 2.68 bits per heavy atom. The molecule has 0 aromatic heterocycles. The van der Waals surface area contributed by atoms with Gasteiger partial charge in [0.1, 0.15) is 6.54 Å². The molecule has 6 heteroatoms. The quantitative estimate of drug-likeness (QED) is 0.465. The van der Waals surface area contributed by atoms with E-state index in [1.54, 1.807) is 18.0 Å². The average Bonchev–Trinajstić information content (AvgIpc) is 2.70. The van der Waals surface area contributed by atoms with Crippen LogP contribution in [0, 0.1) is 6.92 Å². The molecule has 0 radical (unpaired) electrons. The normalized spacial score (nSPS) is 12.6. The van der Waals surface area contributed by atoms with Gasteiger partial charge in [0.2, 0.25) is 0 Å². The number of aryl methyl sites for hydroxylation is 1. The molecule has 28 heavy (non-hydrogen) atoms. The summed E-state index contributed by atoms with van der Waals surface area (Å²) in [7, 11) is 0. The molecule has 1 N–H and O–H groups in total. The standard InChI is InChI=1S/C22H18ClN3OS/c1-15-6-2-3-7-16(15)13-24-25-22(27)14-26-18-8-4-5-9-20(18)28-21-11-10-17(23)12-19(21)26/h2-13H,14H2,1H3,(H,25,27)/b24-13+. The Balaban J connectivity index is 1.55. The van der Waals surface area contributed by atoms with Crippen LogP contribution in [0.4, 0.5) is 11.4 Å². The number of hydrogen-bond acceptors (Lipinski definition) is 4. The molecule has 0 aliphatic carbocycles. The number of carbonyl (C=O) groups excluding carboxylic acids is 1. The molecular formula is C22H18ClN3OS. The Labute approximate surface area is 173 Å². The van der Waals surface area contributed by atoms with Crippen LogP contribution in [0.3, 0.4) is 0 Å². The molecule has 4 rings (SSSR count). The van der Waals surface area contributed by atoms with Gasteiger partial charge in [0.25, 0.3) is 5.91 Å². The van der Waals surface area contributed by atoms with Gasteiger partial charge in [-0.1, -0.05) is 59.8 Å². The number of amides is 1. The van der Waals surface area contributed by atoms with Gasteiger partial charge in [-0.15, -0.1) is 0 Å². The Morgan fingerprint density at radius 2 is 1.82 bits per heavy atom. The van der Waals surface area contributed by atoms with Crippen molar-refractivity contribution in [2.24, 2.45) is 5.10 Å². The van der Waals surface area contributed by atoms with Crippen molar-refractivity contribution in [3.8, 4) is 0 Å². The Morgan fingerprint density at radius 1 is 1.07 bits per heavy atom. The van der Waals surface area contributed by atoms with Gasteiger partial charge in [0.15, 0.2) is 0 Å². The van der Waals surface area contributed by atoms with Gasteiger partial charge in [-0.2, -0.15) is 5.10 Å². The zero-order chi connectivity index (χ0) is 19.5. The molecule has 1 amide bonds. The average molecular weight is 408 g/mol. The van der Waals surface area contributed by atoms with E-state index in [0.29, 0.717) is 5.02 Å². The lowest BCUT2D eigenvalue weighted by Gasteiger charge is -2.32. The van der Waals surface area contributed by atoms with Gasteiger partial charge in [-0.3, -0.25) is 4.79 Å². The summed E-state index contributed by atoms with van der Waals surface area (Å²) < 4.78 is 0. The molecule has 4 nitrogen and oxygen atoms in total. The van der Waals surface area contributed by atoms with E-state index >= 15 is 0 Å². The number of nitrogens with one attached hydrogen (secondary N) is 1. The van der Waals surface area contributed by atoms with Crippen LogP contribution in [0.1, 0.15) is 11.1 Å². The van der Waals surface area contributed by atoms with E-state index in [1.807, 2.05) is 72.5 Å². The van der Waals surface area contributed by atoms with Crippen LogP contribution in [0.25, 0.3) is 0 Å². The topological polar surface area (TPSA) is 44.7 Å². The third kappa shape index (κ3) is 3.91. The minimum absolute atomic E-state index is 0.149. The van der Waals surface area contributed by atoms with Gasteiger partial charge in [0.05, 0.1) is 17.6 Å². The van der Waals surface area contributed by atoms with Crippen LogP contribution < -0.4 is 10.3 Å². The van der Waals surface area contributed by atoms with Crippen LogP contribution >= 0.6 is 23.4 Å². The second-order valence-electron chi connectivity index (χ2n) is 6.42. The van der Waals surface area contributed by atoms with Crippen LogP contribution in [-0.4, -0.2) is 18.7 Å². The predicted octanol–water partition coefficient (Wildman–Crippen LogP) is 5.40. The van der Waals surface area contributed by atoms with Crippen molar-refractivity contribution >= 4 is 46.9 Å². The number of hydrogen-bond donors (Lipinski definition) is 1. The summed E-state index contributed by atoms with van der Waals surface area (Å²) in [5.41, 5.74) is 6.62. The number of halogens is 1. The maximum Gasteiger partial charge on any atom is 0.260 e. The van der Waals surface area contributed by atoms with E-state index in [9.17, 15) is 4.79 Å². The fourth-order valence-electron chi connectivity index (χ4n) is 3.06. The molecule has 0 saturated heterocycles. The second-order valence-corrected chi connectivity index (χ2v) is 7.94. The molecule has 0 fully saturated rings. The fraction of sp³-hybridized carbons (Fsp3) is 0.0909. The van der Waals surface area contributed by atoms with Crippen molar-refractivity contribution in [1.29, 1.82) is 0 Å². The Bertz CT molecular complexity index is 1070. The summed E-state index contributed by atoms with van der Waals surface area (Å²) in [5, 5.41) is 4.76. The zero-order valence-electron chi connectivity index (χ0n) is 15.2. The van der Waals surface area contributed by atoms with Gasteiger partial charge in [0, 0.05) is 14.8 Å². The van der Waals surface area contributed by atoms with Crippen molar-refractivity contribution in [3.63, 3.8) is 0 Å². The van der Waals surface area contributed by atoms with Crippen molar-refractivity contribution in [3.05, 3.63) is 82.9 Å². The van der Waals surface area contributed by atoms with Crippen LogP contribution in [0.15, 0.2) is 81.6 Å². The Kier molecular flexibility index (Phi) is 5.37. The summed E-state index contributed by atoms with van der Waals surface area (Å²) in [6, 6.07) is 21.7. The molecule has 0 bridgehead atoms. The zero-order valence-corrected chi connectivity index (χ0v) is 16.8. The van der Waals surface area contributed by atoms with E-state index in [2.05, 4.69) is 16.6 Å². The SMILES string of the molecule is Cc1ccccc1/C=N/NC(=O)CN1c2ccccc2Sc2ccc(Cl)cc21. The van der Waals surface area contributed by atoms with E-state index in [1.165, 1.54) is 0 Å². The van der Waals surface area contributed by atoms with Crippen LogP contribution in [0.5, 0.6) is 0 Å². The van der Waals surface area contributed by atoms with Gasteiger partial charge < -0.3 is 4.90 Å². The van der Waals surface area contributed by atoms with Gasteiger partial charge in [-0.25, -0.2) is 5.43 Å². The van der Waals surface area contributed by atoms with E-state index in [-0.39, 0.29) is 12.5 Å². The monoisotopic (exact) mass is 407 g/mol. The van der Waals surface area contributed by atoms with Gasteiger partial charge >= 0.3 is 0 Å². The first-order valence-electron chi connectivity index (χ1n) is 8.83. The van der Waals surface area contributed by atoms with Crippen molar-refractivity contribution in [2.45, 2.75) is 16.7 Å². The highest BCUT2D eigenvalue weighted by atomic mass is 35.5. The smallest absolute Gasteiger partial charge is 0.260 e. The molecule has 3 aromatic carbocycles. The summed E-state index contributed by atoms with van der Waals surface area (Å²) >= 11 is 7.89. The third-order valence-corrected chi connectivity index (χ3v) is 5.84. The number of para-hydroxylation sites is 1. The largest absolute Gasteiger partial charge is 0.330 e. The molecule has 0 spiro atoms. The van der Waals surface area contributed by atoms with E-state index < -0.39 is 0 Å². The lowest BCUT2D eigenvalue weighted by Crippen LogP contribution is -2.33. The molecule has 0 unspecified atom stereocenters.